The third-order valence-electron chi connectivity index (χ3n) is 5.38. The van der Waals surface area contributed by atoms with E-state index >= 15 is 0 Å². The molecule has 2 aliphatic carbocycles. The van der Waals surface area contributed by atoms with E-state index in [1.54, 1.807) is 27.8 Å². The zero-order valence-electron chi connectivity index (χ0n) is 14.2. The Morgan fingerprint density at radius 3 is 2.35 bits per heavy atom. The first-order chi connectivity index (χ1) is 11.1. The molecule has 1 aromatic heterocycles. The van der Waals surface area contributed by atoms with Gasteiger partial charge in [-0.25, -0.2) is 4.98 Å². The molecule has 0 saturated carbocycles. The summed E-state index contributed by atoms with van der Waals surface area (Å²) in [7, 11) is 0. The molecular formula is C21H25NS. The van der Waals surface area contributed by atoms with Crippen LogP contribution in [0.4, 0.5) is 0 Å². The van der Waals surface area contributed by atoms with Crippen molar-refractivity contribution >= 4 is 16.9 Å². The van der Waals surface area contributed by atoms with E-state index in [9.17, 15) is 0 Å². The number of rotatable bonds is 4. The zero-order chi connectivity index (χ0) is 16.0. The van der Waals surface area contributed by atoms with E-state index in [-0.39, 0.29) is 0 Å². The lowest BCUT2D eigenvalue weighted by Gasteiger charge is -2.15. The molecule has 1 nitrogen and oxygen atoms in total. The molecule has 2 aliphatic rings. The molecular weight excluding hydrogens is 298 g/mol. The first-order valence-electron chi connectivity index (χ1n) is 8.92. The summed E-state index contributed by atoms with van der Waals surface area (Å²) in [6.45, 7) is 8.86. The summed E-state index contributed by atoms with van der Waals surface area (Å²) in [6.07, 6.45) is 10.8. The van der Waals surface area contributed by atoms with Gasteiger partial charge in [-0.1, -0.05) is 26.5 Å². The number of aromatic nitrogens is 1. The number of aryl methyl sites for hydroxylation is 2. The molecule has 0 aliphatic heterocycles. The summed E-state index contributed by atoms with van der Waals surface area (Å²) in [4.78, 5) is 6.01. The lowest BCUT2D eigenvalue weighted by molar-refractivity contribution is 0.885. The molecule has 1 heterocycles. The lowest BCUT2D eigenvalue weighted by Crippen LogP contribution is -2.02. The van der Waals surface area contributed by atoms with Gasteiger partial charge in [-0.05, 0) is 77.8 Å². The van der Waals surface area contributed by atoms with Crippen LogP contribution >= 0.6 is 11.3 Å². The number of fused-ring (bicyclic) bond motifs is 2. The predicted octanol–water partition coefficient (Wildman–Crippen LogP) is 5.50. The van der Waals surface area contributed by atoms with E-state index in [2.05, 4.69) is 31.5 Å². The van der Waals surface area contributed by atoms with Crippen LogP contribution in [0.25, 0.3) is 5.57 Å². The van der Waals surface area contributed by atoms with E-state index in [0.717, 1.165) is 11.4 Å². The first kappa shape index (κ1) is 15.1. The highest BCUT2D eigenvalue weighted by Gasteiger charge is 2.24. The van der Waals surface area contributed by atoms with Crippen molar-refractivity contribution in [2.24, 2.45) is 0 Å². The summed E-state index contributed by atoms with van der Waals surface area (Å²) in [5.74, 6) is 0.555. The van der Waals surface area contributed by atoms with Gasteiger partial charge in [0.15, 0.2) is 0 Å². The molecule has 23 heavy (non-hydrogen) atoms. The number of allylic oxidation sites excluding steroid dienone is 1. The van der Waals surface area contributed by atoms with Gasteiger partial charge in [-0.2, -0.15) is 0 Å². The van der Waals surface area contributed by atoms with Crippen LogP contribution in [-0.4, -0.2) is 4.98 Å². The summed E-state index contributed by atoms with van der Waals surface area (Å²) in [5, 5.41) is 1.14. The second-order valence-electron chi connectivity index (χ2n) is 7.34. The van der Waals surface area contributed by atoms with Gasteiger partial charge >= 0.3 is 0 Å². The fraction of sp³-hybridized carbons (Fsp3) is 0.476. The van der Waals surface area contributed by atoms with Crippen molar-refractivity contribution in [3.05, 3.63) is 56.5 Å². The SMILES string of the molecule is C=C(Cc1c2c(cc3c1CCC3)CCC2)c1ncc(C(C)C)s1. The van der Waals surface area contributed by atoms with Crippen LogP contribution in [0.5, 0.6) is 0 Å². The largest absolute Gasteiger partial charge is 0.245 e. The maximum atomic E-state index is 4.64. The van der Waals surface area contributed by atoms with Crippen LogP contribution in [0.15, 0.2) is 18.8 Å². The molecule has 0 amide bonds. The van der Waals surface area contributed by atoms with E-state index in [4.69, 9.17) is 0 Å². The van der Waals surface area contributed by atoms with Crippen molar-refractivity contribution < 1.29 is 0 Å². The smallest absolute Gasteiger partial charge is 0.119 e. The van der Waals surface area contributed by atoms with Crippen LogP contribution < -0.4 is 0 Å². The summed E-state index contributed by atoms with van der Waals surface area (Å²) >= 11 is 1.82. The van der Waals surface area contributed by atoms with Crippen LogP contribution in [0.1, 0.15) is 70.3 Å². The van der Waals surface area contributed by atoms with Crippen molar-refractivity contribution in [1.29, 1.82) is 0 Å². The van der Waals surface area contributed by atoms with Crippen molar-refractivity contribution in [3.63, 3.8) is 0 Å². The highest BCUT2D eigenvalue weighted by molar-refractivity contribution is 7.12. The zero-order valence-corrected chi connectivity index (χ0v) is 15.1. The molecule has 2 heteroatoms. The molecule has 0 saturated heterocycles. The number of hydrogen-bond acceptors (Lipinski definition) is 2. The van der Waals surface area contributed by atoms with Crippen molar-refractivity contribution in [2.45, 2.75) is 64.7 Å². The van der Waals surface area contributed by atoms with Gasteiger partial charge in [0.25, 0.3) is 0 Å². The molecule has 0 spiro atoms. The van der Waals surface area contributed by atoms with Gasteiger partial charge in [-0.3, -0.25) is 0 Å². The third kappa shape index (κ3) is 2.67. The van der Waals surface area contributed by atoms with Crippen molar-refractivity contribution in [1.82, 2.24) is 4.98 Å². The minimum atomic E-state index is 0.555. The summed E-state index contributed by atoms with van der Waals surface area (Å²) < 4.78 is 0. The Morgan fingerprint density at radius 1 is 1.13 bits per heavy atom. The Bertz CT molecular complexity index is 734. The van der Waals surface area contributed by atoms with Gasteiger partial charge in [0.05, 0.1) is 0 Å². The van der Waals surface area contributed by atoms with E-state index in [1.807, 2.05) is 17.5 Å². The number of thiazole rings is 1. The molecule has 0 atom stereocenters. The molecule has 120 valence electrons. The third-order valence-corrected chi connectivity index (χ3v) is 6.78. The average Bonchev–Trinajstić information content (AvgIpc) is 3.26. The monoisotopic (exact) mass is 323 g/mol. The molecule has 0 radical (unpaired) electrons. The van der Waals surface area contributed by atoms with Gasteiger partial charge in [0.2, 0.25) is 0 Å². The Morgan fingerprint density at radius 2 is 1.78 bits per heavy atom. The van der Waals surface area contributed by atoms with E-state index in [1.165, 1.54) is 49.0 Å². The number of benzene rings is 1. The second-order valence-corrected chi connectivity index (χ2v) is 8.40. The van der Waals surface area contributed by atoms with Crippen LogP contribution in [0.2, 0.25) is 0 Å². The number of hydrogen-bond donors (Lipinski definition) is 0. The van der Waals surface area contributed by atoms with Gasteiger partial charge in [0.1, 0.15) is 5.01 Å². The predicted molar refractivity (Wildman–Crippen MR) is 99.4 cm³/mol. The maximum Gasteiger partial charge on any atom is 0.119 e. The van der Waals surface area contributed by atoms with Gasteiger partial charge in [0, 0.05) is 17.5 Å². The normalized spacial score (nSPS) is 16.0. The Balaban J connectivity index is 1.67. The molecule has 0 bridgehead atoms. The van der Waals surface area contributed by atoms with Crippen molar-refractivity contribution in [3.8, 4) is 0 Å². The maximum absolute atomic E-state index is 4.64. The van der Waals surface area contributed by atoms with Crippen LogP contribution in [-0.2, 0) is 32.1 Å². The molecule has 0 unspecified atom stereocenters. The summed E-state index contributed by atoms with van der Waals surface area (Å²) in [5.41, 5.74) is 9.35. The Hall–Kier alpha value is -1.41. The minimum Gasteiger partial charge on any atom is -0.245 e. The highest BCUT2D eigenvalue weighted by Crippen LogP contribution is 2.37. The molecule has 2 aromatic rings. The average molecular weight is 324 g/mol. The van der Waals surface area contributed by atoms with Crippen molar-refractivity contribution in [2.75, 3.05) is 0 Å². The summed E-state index contributed by atoms with van der Waals surface area (Å²) in [6, 6.07) is 2.51. The van der Waals surface area contributed by atoms with E-state index in [0.29, 0.717) is 5.92 Å². The lowest BCUT2D eigenvalue weighted by atomic mass is 9.90. The van der Waals surface area contributed by atoms with Crippen LogP contribution in [0, 0.1) is 0 Å². The quantitative estimate of drug-likeness (QED) is 0.724. The van der Waals surface area contributed by atoms with E-state index < -0.39 is 0 Å². The molecule has 0 fully saturated rings. The molecule has 4 rings (SSSR count). The van der Waals surface area contributed by atoms with Gasteiger partial charge in [-0.15, -0.1) is 11.3 Å². The topological polar surface area (TPSA) is 12.9 Å². The minimum absolute atomic E-state index is 0.555. The standard InChI is InChI=1S/C21H25NS/c1-13(2)20-12-22-21(23-20)14(3)10-19-17-8-4-6-15(17)11-16-7-5-9-18(16)19/h11-13H,3-10H2,1-2H3. The fourth-order valence-electron chi connectivity index (χ4n) is 4.15. The fourth-order valence-corrected chi connectivity index (χ4v) is 5.04. The van der Waals surface area contributed by atoms with Gasteiger partial charge < -0.3 is 0 Å². The highest BCUT2D eigenvalue weighted by atomic mass is 32.1. The first-order valence-corrected chi connectivity index (χ1v) is 9.74. The Labute approximate surface area is 143 Å². The van der Waals surface area contributed by atoms with Crippen LogP contribution in [0.3, 0.4) is 0 Å². The molecule has 0 N–H and O–H groups in total. The second kappa shape index (κ2) is 5.90. The molecule has 1 aromatic carbocycles. The Kier molecular flexibility index (Phi) is 3.88. The number of nitrogens with zero attached hydrogens (tertiary/aromatic N) is 1.